The number of methoxy groups -OCH3 is 1. The van der Waals surface area contributed by atoms with Gasteiger partial charge in [-0.1, -0.05) is 24.3 Å². The summed E-state index contributed by atoms with van der Waals surface area (Å²) in [7, 11) is 1.09. The van der Waals surface area contributed by atoms with E-state index in [1.165, 1.54) is 48.5 Å². The first kappa shape index (κ1) is 36.2. The van der Waals surface area contributed by atoms with Gasteiger partial charge in [-0.2, -0.15) is 0 Å². The number of amides is 3. The van der Waals surface area contributed by atoms with Crippen LogP contribution in [0.25, 0.3) is 0 Å². The molecule has 14 nitrogen and oxygen atoms in total. The van der Waals surface area contributed by atoms with Crippen LogP contribution in [0.3, 0.4) is 0 Å². The highest BCUT2D eigenvalue weighted by molar-refractivity contribution is 5.98. The number of hydrogen-bond acceptors (Lipinski definition) is 9. The van der Waals surface area contributed by atoms with Crippen molar-refractivity contribution in [2.45, 2.75) is 33.0 Å². The van der Waals surface area contributed by atoms with Gasteiger partial charge in [-0.05, 0) is 49.2 Å². The van der Waals surface area contributed by atoms with Crippen molar-refractivity contribution in [1.82, 2.24) is 25.9 Å². The average Bonchev–Trinajstić information content (AvgIpc) is 3.06. The van der Waals surface area contributed by atoms with E-state index in [0.717, 1.165) is 19.5 Å². The zero-order chi connectivity index (χ0) is 35.5. The van der Waals surface area contributed by atoms with Crippen LogP contribution >= 0.6 is 0 Å². The monoisotopic (exact) mass is 667 g/mol. The maximum atomic E-state index is 12.8. The smallest absolute Gasteiger partial charge is 0.358 e. The Kier molecular flexibility index (Phi) is 12.3. The highest BCUT2D eigenvalue weighted by Gasteiger charge is 2.22. The van der Waals surface area contributed by atoms with Crippen LogP contribution < -0.4 is 26.8 Å². The molecule has 0 atom stereocenters. The van der Waals surface area contributed by atoms with E-state index in [1.807, 2.05) is 0 Å². The molecule has 0 aliphatic rings. The SMILES string of the molecule is CC(C)NC(=O)c1[nH]cc(C(=O)NCc2ccc(F)cc2)c(=O)c1O.COC(=O)c1[nH]cc(C(=O)NCc2ccc(F)cc2)c(=O)c1O. The Hall–Kier alpha value is -6.32. The number of esters is 1. The molecule has 0 bridgehead atoms. The minimum absolute atomic E-state index is 0.0675. The van der Waals surface area contributed by atoms with Gasteiger partial charge in [0.1, 0.15) is 22.8 Å². The molecular formula is C32H31F2N5O9. The Morgan fingerprint density at radius 2 is 1.10 bits per heavy atom. The molecule has 0 unspecified atom stereocenters. The Bertz CT molecular complexity index is 1920. The molecule has 0 saturated carbocycles. The number of aromatic amines is 2. The second kappa shape index (κ2) is 16.3. The number of carbonyl (C=O) groups excluding carboxylic acids is 4. The van der Waals surface area contributed by atoms with Crippen LogP contribution in [0.4, 0.5) is 8.78 Å². The summed E-state index contributed by atoms with van der Waals surface area (Å²) >= 11 is 0. The fourth-order valence-electron chi connectivity index (χ4n) is 3.90. The summed E-state index contributed by atoms with van der Waals surface area (Å²) in [6, 6.07) is 10.8. The second-order valence-corrected chi connectivity index (χ2v) is 10.2. The summed E-state index contributed by atoms with van der Waals surface area (Å²) in [4.78, 5) is 76.1. The van der Waals surface area contributed by atoms with Gasteiger partial charge in [0, 0.05) is 31.5 Å². The van der Waals surface area contributed by atoms with E-state index in [-0.39, 0.29) is 36.0 Å². The third kappa shape index (κ3) is 9.35. The summed E-state index contributed by atoms with van der Waals surface area (Å²) in [6.07, 6.45) is 2.07. The van der Waals surface area contributed by atoms with Crippen molar-refractivity contribution in [3.63, 3.8) is 0 Å². The summed E-state index contributed by atoms with van der Waals surface area (Å²) in [5.74, 6) is -5.58. The molecule has 16 heteroatoms. The first-order chi connectivity index (χ1) is 22.7. The van der Waals surface area contributed by atoms with Crippen molar-refractivity contribution in [1.29, 1.82) is 0 Å². The number of hydrogen-bond donors (Lipinski definition) is 7. The molecule has 4 rings (SSSR count). The predicted molar refractivity (Wildman–Crippen MR) is 167 cm³/mol. The summed E-state index contributed by atoms with van der Waals surface area (Å²) in [6.45, 7) is 3.60. The van der Waals surface area contributed by atoms with E-state index < -0.39 is 63.4 Å². The quantitative estimate of drug-likeness (QED) is 0.130. The van der Waals surface area contributed by atoms with E-state index in [2.05, 4.69) is 30.7 Å². The van der Waals surface area contributed by atoms with Crippen LogP contribution in [0.1, 0.15) is 66.7 Å². The molecule has 0 saturated heterocycles. The standard InChI is InChI=1S/C17H18FN3O4.C15H13FN2O5/c1-9(2)21-17(25)13-15(23)14(22)12(8-19-13)16(24)20-7-10-3-5-11(18)6-4-10;1-23-15(22)11-13(20)12(19)10(7-17-11)14(21)18-6-8-2-4-9(16)5-3-8/h3-6,8-9,23H,7H2,1-2H3,(H,19,22)(H,20,24)(H,21,25);2-5,7,20H,6H2,1H3,(H,17,19)(H,18,21). The number of rotatable bonds is 9. The highest BCUT2D eigenvalue weighted by atomic mass is 19.1. The van der Waals surface area contributed by atoms with Gasteiger partial charge in [0.2, 0.25) is 10.9 Å². The van der Waals surface area contributed by atoms with Crippen molar-refractivity contribution >= 4 is 23.7 Å². The maximum Gasteiger partial charge on any atom is 0.358 e. The number of H-pyrrole nitrogens is 2. The Balaban J connectivity index is 0.000000261. The molecule has 48 heavy (non-hydrogen) atoms. The van der Waals surface area contributed by atoms with E-state index in [9.17, 15) is 47.8 Å². The summed E-state index contributed by atoms with van der Waals surface area (Å²) in [5.41, 5.74) is -2.13. The van der Waals surface area contributed by atoms with Gasteiger partial charge in [-0.15, -0.1) is 0 Å². The Morgan fingerprint density at radius 1 is 0.708 bits per heavy atom. The van der Waals surface area contributed by atoms with Crippen LogP contribution in [-0.4, -0.2) is 57.0 Å². The molecule has 2 heterocycles. The molecule has 7 N–H and O–H groups in total. The van der Waals surface area contributed by atoms with E-state index >= 15 is 0 Å². The van der Waals surface area contributed by atoms with Crippen molar-refractivity contribution in [3.8, 4) is 11.5 Å². The van der Waals surface area contributed by atoms with Crippen LogP contribution in [0.2, 0.25) is 0 Å². The lowest BCUT2D eigenvalue weighted by atomic mass is 10.2. The normalized spacial score (nSPS) is 10.4. The predicted octanol–water partition coefficient (Wildman–Crippen LogP) is 2.22. The summed E-state index contributed by atoms with van der Waals surface area (Å²) < 4.78 is 30.0. The molecule has 0 radical (unpaired) electrons. The Labute approximate surface area is 270 Å². The van der Waals surface area contributed by atoms with Crippen molar-refractivity contribution in [2.24, 2.45) is 0 Å². The minimum atomic E-state index is -0.999. The highest BCUT2D eigenvalue weighted by Crippen LogP contribution is 2.12. The largest absolute Gasteiger partial charge is 0.503 e. The van der Waals surface area contributed by atoms with Crippen molar-refractivity contribution in [3.05, 3.63) is 127 Å². The Morgan fingerprint density at radius 3 is 1.50 bits per heavy atom. The zero-order valence-electron chi connectivity index (χ0n) is 25.8. The van der Waals surface area contributed by atoms with Crippen LogP contribution in [0.15, 0.2) is 70.5 Å². The van der Waals surface area contributed by atoms with E-state index in [1.54, 1.807) is 13.8 Å². The fraction of sp³-hybridized carbons (Fsp3) is 0.188. The molecular weight excluding hydrogens is 636 g/mol. The first-order valence-corrected chi connectivity index (χ1v) is 14.1. The molecule has 0 aliphatic heterocycles. The number of benzene rings is 2. The number of aromatic nitrogens is 2. The lowest BCUT2D eigenvalue weighted by molar-refractivity contribution is 0.0589. The fourth-order valence-corrected chi connectivity index (χ4v) is 3.90. The average molecular weight is 668 g/mol. The molecule has 252 valence electrons. The molecule has 3 amide bonds. The van der Waals surface area contributed by atoms with E-state index in [4.69, 9.17) is 0 Å². The van der Waals surface area contributed by atoms with Crippen LogP contribution in [0.5, 0.6) is 11.5 Å². The van der Waals surface area contributed by atoms with Gasteiger partial charge in [0.15, 0.2) is 22.9 Å². The number of ether oxygens (including phenoxy) is 1. The lowest BCUT2D eigenvalue weighted by Gasteiger charge is -2.10. The van der Waals surface area contributed by atoms with Crippen LogP contribution in [0, 0.1) is 11.6 Å². The number of aromatic hydroxyl groups is 2. The van der Waals surface area contributed by atoms with E-state index in [0.29, 0.717) is 11.1 Å². The van der Waals surface area contributed by atoms with Gasteiger partial charge < -0.3 is 40.9 Å². The van der Waals surface area contributed by atoms with Gasteiger partial charge in [-0.25, -0.2) is 13.6 Å². The second-order valence-electron chi connectivity index (χ2n) is 10.2. The number of halogens is 2. The number of pyridine rings is 2. The third-order valence-electron chi connectivity index (χ3n) is 6.37. The van der Waals surface area contributed by atoms with Crippen LogP contribution in [-0.2, 0) is 17.8 Å². The first-order valence-electron chi connectivity index (χ1n) is 14.1. The number of nitrogens with one attached hydrogen (secondary N) is 5. The molecule has 4 aromatic rings. The van der Waals surface area contributed by atoms with Gasteiger partial charge in [0.25, 0.3) is 17.7 Å². The number of carbonyl (C=O) groups is 4. The van der Waals surface area contributed by atoms with Gasteiger partial charge in [0.05, 0.1) is 7.11 Å². The minimum Gasteiger partial charge on any atom is -0.503 e. The van der Waals surface area contributed by atoms with Gasteiger partial charge >= 0.3 is 5.97 Å². The molecule has 0 fully saturated rings. The van der Waals surface area contributed by atoms with Gasteiger partial charge in [-0.3, -0.25) is 24.0 Å². The molecule has 0 aliphatic carbocycles. The molecule has 0 spiro atoms. The van der Waals surface area contributed by atoms with Crippen molar-refractivity contribution in [2.75, 3.05) is 7.11 Å². The lowest BCUT2D eigenvalue weighted by Crippen LogP contribution is -2.33. The zero-order valence-corrected chi connectivity index (χ0v) is 25.8. The topological polar surface area (TPSA) is 220 Å². The summed E-state index contributed by atoms with van der Waals surface area (Å²) in [5, 5.41) is 27.1. The van der Waals surface area contributed by atoms with Crippen molar-refractivity contribution < 1.29 is 42.9 Å². The molecule has 2 aromatic carbocycles. The molecule has 2 aromatic heterocycles. The maximum absolute atomic E-state index is 12.8. The third-order valence-corrected chi connectivity index (χ3v) is 6.37.